The van der Waals surface area contributed by atoms with E-state index in [-0.39, 0.29) is 19.5 Å². The van der Waals surface area contributed by atoms with E-state index < -0.39 is 0 Å². The Bertz CT molecular complexity index is 154. The molecule has 0 unspecified atom stereocenters. The van der Waals surface area contributed by atoms with Gasteiger partial charge in [-0.3, -0.25) is 4.98 Å². The number of hydrogen-bond acceptors (Lipinski definition) is 2. The van der Waals surface area contributed by atoms with Gasteiger partial charge >= 0.3 is 0 Å². The van der Waals surface area contributed by atoms with Crippen molar-refractivity contribution in [1.82, 2.24) is 4.98 Å². The van der Waals surface area contributed by atoms with Gasteiger partial charge in [-0.2, -0.15) is 0 Å². The van der Waals surface area contributed by atoms with Gasteiger partial charge < -0.3 is 0 Å². The van der Waals surface area contributed by atoms with Crippen molar-refractivity contribution < 1.29 is 19.5 Å². The third-order valence-corrected chi connectivity index (χ3v) is 1.63. The summed E-state index contributed by atoms with van der Waals surface area (Å²) in [5.41, 5.74) is 0. The molecule has 0 amide bonds. The molecule has 0 spiro atoms. The van der Waals surface area contributed by atoms with E-state index in [2.05, 4.69) is 11.2 Å². The fourth-order valence-corrected chi connectivity index (χ4v) is 0.868. The van der Waals surface area contributed by atoms with E-state index in [0.717, 1.165) is 0 Å². The molecule has 0 atom stereocenters. The predicted molar refractivity (Wildman–Crippen MR) is 36.0 cm³/mol. The fourth-order valence-electron chi connectivity index (χ4n) is 0.474. The van der Waals surface area contributed by atoms with E-state index in [1.165, 1.54) is 4.90 Å². The largest absolute Gasteiger partial charge is 0.265 e. The third kappa shape index (κ3) is 2.97. The first-order chi connectivity index (χ1) is 3.93. The van der Waals surface area contributed by atoms with Crippen LogP contribution in [0.25, 0.3) is 0 Å². The second-order valence-electron chi connectivity index (χ2n) is 1.39. The molecular formula is C6H7NRuS. The standard InChI is InChI=1S/C6H7NS.Ru/c1-8-6-2-4-7-5-3-6;/h2-5H,1H3;. The number of nitrogens with zero attached hydrogens (tertiary/aromatic N) is 1. The number of aromatic nitrogens is 1. The first-order valence-electron chi connectivity index (χ1n) is 2.37. The van der Waals surface area contributed by atoms with Gasteiger partial charge in [-0.05, 0) is 18.4 Å². The topological polar surface area (TPSA) is 12.9 Å². The van der Waals surface area contributed by atoms with Crippen LogP contribution in [0.3, 0.4) is 0 Å². The van der Waals surface area contributed by atoms with Gasteiger partial charge in [0, 0.05) is 36.8 Å². The number of hydrogen-bond donors (Lipinski definition) is 0. The minimum absolute atomic E-state index is 0. The number of thioether (sulfide) groups is 1. The van der Waals surface area contributed by atoms with Crippen LogP contribution < -0.4 is 0 Å². The average molecular weight is 226 g/mol. The second kappa shape index (κ2) is 4.95. The molecule has 1 rings (SSSR count). The van der Waals surface area contributed by atoms with Crippen molar-refractivity contribution in [3.8, 4) is 0 Å². The molecule has 0 radical (unpaired) electrons. The zero-order valence-electron chi connectivity index (χ0n) is 5.02. The molecule has 0 N–H and O–H groups in total. The SMILES string of the molecule is CSc1ccncc1.[Ru]. The predicted octanol–water partition coefficient (Wildman–Crippen LogP) is 1.80. The van der Waals surface area contributed by atoms with Gasteiger partial charge in [0.1, 0.15) is 0 Å². The molecule has 0 saturated heterocycles. The summed E-state index contributed by atoms with van der Waals surface area (Å²) < 4.78 is 0. The normalized spacial score (nSPS) is 8.11. The van der Waals surface area contributed by atoms with Crippen LogP contribution in [-0.2, 0) is 19.5 Å². The molecule has 3 heteroatoms. The molecule has 9 heavy (non-hydrogen) atoms. The first-order valence-corrected chi connectivity index (χ1v) is 3.60. The Morgan fingerprint density at radius 1 is 1.33 bits per heavy atom. The number of rotatable bonds is 1. The van der Waals surface area contributed by atoms with Gasteiger partial charge in [-0.1, -0.05) is 0 Å². The molecule has 1 aromatic heterocycles. The first kappa shape index (κ1) is 9.12. The Morgan fingerprint density at radius 2 is 1.89 bits per heavy atom. The van der Waals surface area contributed by atoms with Crippen molar-refractivity contribution in [3.05, 3.63) is 24.5 Å². The molecule has 0 fully saturated rings. The Morgan fingerprint density at radius 3 is 2.22 bits per heavy atom. The number of pyridine rings is 1. The van der Waals surface area contributed by atoms with E-state index >= 15 is 0 Å². The van der Waals surface area contributed by atoms with Crippen LogP contribution in [0.4, 0.5) is 0 Å². The second-order valence-corrected chi connectivity index (χ2v) is 2.27. The van der Waals surface area contributed by atoms with E-state index in [0.29, 0.717) is 0 Å². The quantitative estimate of drug-likeness (QED) is 0.535. The third-order valence-electron chi connectivity index (χ3n) is 0.885. The maximum absolute atomic E-state index is 3.88. The summed E-state index contributed by atoms with van der Waals surface area (Å²) in [6.07, 6.45) is 5.65. The van der Waals surface area contributed by atoms with Crippen molar-refractivity contribution in [2.24, 2.45) is 0 Å². The van der Waals surface area contributed by atoms with Crippen LogP contribution in [0, 0.1) is 0 Å². The van der Waals surface area contributed by atoms with E-state index in [4.69, 9.17) is 0 Å². The van der Waals surface area contributed by atoms with Crippen LogP contribution >= 0.6 is 11.8 Å². The summed E-state index contributed by atoms with van der Waals surface area (Å²) >= 11 is 1.73. The molecule has 0 saturated carbocycles. The molecule has 0 aliphatic carbocycles. The summed E-state index contributed by atoms with van der Waals surface area (Å²) in [6.45, 7) is 0. The van der Waals surface area contributed by atoms with Crippen LogP contribution in [0.2, 0.25) is 0 Å². The van der Waals surface area contributed by atoms with Crippen molar-refractivity contribution in [2.75, 3.05) is 6.26 Å². The summed E-state index contributed by atoms with van der Waals surface area (Å²) in [4.78, 5) is 5.14. The van der Waals surface area contributed by atoms with E-state index in [9.17, 15) is 0 Å². The molecule has 1 nitrogen and oxygen atoms in total. The zero-order chi connectivity index (χ0) is 5.82. The average Bonchev–Trinajstić information content (AvgIpc) is 1.90. The smallest absolute Gasteiger partial charge is 0.0278 e. The van der Waals surface area contributed by atoms with E-state index in [1.807, 2.05) is 12.1 Å². The molecule has 0 aliphatic rings. The van der Waals surface area contributed by atoms with Crippen molar-refractivity contribution in [1.29, 1.82) is 0 Å². The van der Waals surface area contributed by atoms with Crippen LogP contribution in [0.1, 0.15) is 0 Å². The van der Waals surface area contributed by atoms with Gasteiger partial charge in [0.15, 0.2) is 0 Å². The maximum Gasteiger partial charge on any atom is 0.0278 e. The van der Waals surface area contributed by atoms with Crippen molar-refractivity contribution >= 4 is 11.8 Å². The zero-order valence-corrected chi connectivity index (χ0v) is 7.57. The summed E-state index contributed by atoms with van der Waals surface area (Å²) in [5, 5.41) is 0. The maximum atomic E-state index is 3.88. The molecule has 0 aliphatic heterocycles. The molecule has 1 heterocycles. The summed E-state index contributed by atoms with van der Waals surface area (Å²) in [6, 6.07) is 3.98. The van der Waals surface area contributed by atoms with Crippen LogP contribution in [-0.4, -0.2) is 11.2 Å². The summed E-state index contributed by atoms with van der Waals surface area (Å²) in [5.74, 6) is 0. The minimum Gasteiger partial charge on any atom is -0.265 e. The minimum atomic E-state index is 0. The Labute approximate surface area is 72.0 Å². The van der Waals surface area contributed by atoms with Crippen molar-refractivity contribution in [2.45, 2.75) is 4.90 Å². The van der Waals surface area contributed by atoms with Crippen LogP contribution in [0.15, 0.2) is 29.4 Å². The van der Waals surface area contributed by atoms with Gasteiger partial charge in [0.25, 0.3) is 0 Å². The molecule has 0 bridgehead atoms. The van der Waals surface area contributed by atoms with Crippen LogP contribution in [0.5, 0.6) is 0 Å². The van der Waals surface area contributed by atoms with Crippen molar-refractivity contribution in [3.63, 3.8) is 0 Å². The fraction of sp³-hybridized carbons (Fsp3) is 0.167. The molecular weight excluding hydrogens is 219 g/mol. The molecule has 50 valence electrons. The van der Waals surface area contributed by atoms with Gasteiger partial charge in [0.2, 0.25) is 0 Å². The van der Waals surface area contributed by atoms with E-state index in [1.54, 1.807) is 24.2 Å². The monoisotopic (exact) mass is 227 g/mol. The molecule has 1 aromatic rings. The molecule has 0 aromatic carbocycles. The summed E-state index contributed by atoms with van der Waals surface area (Å²) in [7, 11) is 0. The van der Waals surface area contributed by atoms with Gasteiger partial charge in [-0.15, -0.1) is 11.8 Å². The Hall–Kier alpha value is 0.123. The Balaban J connectivity index is 0.000000640. The van der Waals surface area contributed by atoms with Gasteiger partial charge in [0.05, 0.1) is 0 Å². The van der Waals surface area contributed by atoms with Gasteiger partial charge in [-0.25, -0.2) is 0 Å². The Kier molecular flexibility index (Phi) is 5.02.